The number of ether oxygens (including phenoxy) is 1. The number of hydrogen-bond donors (Lipinski definition) is 1. The van der Waals surface area contributed by atoms with E-state index in [0.29, 0.717) is 24.2 Å². The van der Waals surface area contributed by atoms with E-state index in [-0.39, 0.29) is 0 Å². The lowest BCUT2D eigenvalue weighted by atomic mass is 10.1. The van der Waals surface area contributed by atoms with Crippen molar-refractivity contribution >= 4 is 11.6 Å². The predicted molar refractivity (Wildman–Crippen MR) is 72.6 cm³/mol. The smallest absolute Gasteiger partial charge is 0.142 e. The van der Waals surface area contributed by atoms with Crippen LogP contribution in [0.5, 0.6) is 5.75 Å². The summed E-state index contributed by atoms with van der Waals surface area (Å²) in [6.07, 6.45) is 0. The van der Waals surface area contributed by atoms with Crippen LogP contribution in [-0.4, -0.2) is 31.1 Å². The highest BCUT2D eigenvalue weighted by atomic mass is 35.5. The highest BCUT2D eigenvalue weighted by Crippen LogP contribution is 2.29. The van der Waals surface area contributed by atoms with Gasteiger partial charge in [0.1, 0.15) is 5.75 Å². The summed E-state index contributed by atoms with van der Waals surface area (Å²) in [5.41, 5.74) is 6.75. The maximum Gasteiger partial charge on any atom is 0.142 e. The van der Waals surface area contributed by atoms with Crippen molar-refractivity contribution in [2.24, 2.45) is 5.73 Å². The summed E-state index contributed by atoms with van der Waals surface area (Å²) in [4.78, 5) is 2.19. The average molecular weight is 257 g/mol. The van der Waals surface area contributed by atoms with Gasteiger partial charge in [0, 0.05) is 24.7 Å². The van der Waals surface area contributed by atoms with Crippen LogP contribution in [0.15, 0.2) is 18.2 Å². The van der Waals surface area contributed by atoms with Gasteiger partial charge >= 0.3 is 0 Å². The molecule has 0 aromatic heterocycles. The number of rotatable bonds is 6. The fourth-order valence-electron chi connectivity index (χ4n) is 1.59. The Bertz CT molecular complexity index is 357. The summed E-state index contributed by atoms with van der Waals surface area (Å²) >= 11 is 6.14. The van der Waals surface area contributed by atoms with Crippen molar-refractivity contribution in [2.45, 2.75) is 26.4 Å². The molecule has 1 atom stereocenters. The van der Waals surface area contributed by atoms with Gasteiger partial charge in [0.25, 0.3) is 0 Å². The monoisotopic (exact) mass is 256 g/mol. The predicted octanol–water partition coefficient (Wildman–Crippen LogP) is 2.52. The lowest BCUT2D eigenvalue weighted by Crippen LogP contribution is -2.34. The van der Waals surface area contributed by atoms with Gasteiger partial charge < -0.3 is 10.5 Å². The third-order valence-electron chi connectivity index (χ3n) is 2.85. The third-order valence-corrected chi connectivity index (χ3v) is 3.15. The van der Waals surface area contributed by atoms with Gasteiger partial charge in [0.2, 0.25) is 0 Å². The maximum atomic E-state index is 6.14. The molecule has 17 heavy (non-hydrogen) atoms. The lowest BCUT2D eigenvalue weighted by Gasteiger charge is -2.24. The Labute approximate surface area is 109 Å². The van der Waals surface area contributed by atoms with Crippen LogP contribution in [0.1, 0.15) is 19.4 Å². The van der Waals surface area contributed by atoms with Gasteiger partial charge in [-0.15, -0.1) is 0 Å². The lowest BCUT2D eigenvalue weighted by molar-refractivity contribution is 0.248. The zero-order valence-electron chi connectivity index (χ0n) is 10.7. The second-order valence-electron chi connectivity index (χ2n) is 4.16. The van der Waals surface area contributed by atoms with Gasteiger partial charge in [0.05, 0.1) is 11.6 Å². The number of nitrogens with two attached hydrogens (primary N) is 1. The molecule has 0 fully saturated rings. The molecule has 4 heteroatoms. The molecule has 1 rings (SSSR count). The topological polar surface area (TPSA) is 38.5 Å². The Kier molecular flexibility index (Phi) is 5.75. The zero-order chi connectivity index (χ0) is 12.8. The Morgan fingerprint density at radius 2 is 2.18 bits per heavy atom. The highest BCUT2D eigenvalue weighted by molar-refractivity contribution is 6.32. The molecule has 0 radical (unpaired) electrons. The van der Waals surface area contributed by atoms with E-state index in [2.05, 4.69) is 11.8 Å². The van der Waals surface area contributed by atoms with E-state index in [1.807, 2.05) is 32.2 Å². The summed E-state index contributed by atoms with van der Waals surface area (Å²) in [7, 11) is 2.05. The number of benzene rings is 1. The second kappa shape index (κ2) is 6.84. The first-order chi connectivity index (χ1) is 8.10. The quantitative estimate of drug-likeness (QED) is 0.850. The van der Waals surface area contributed by atoms with Crippen LogP contribution in [0.25, 0.3) is 0 Å². The van der Waals surface area contributed by atoms with Crippen LogP contribution in [-0.2, 0) is 6.54 Å². The minimum Gasteiger partial charge on any atom is -0.492 e. The number of halogens is 1. The van der Waals surface area contributed by atoms with Crippen LogP contribution in [0.4, 0.5) is 0 Å². The van der Waals surface area contributed by atoms with Crippen molar-refractivity contribution in [2.75, 3.05) is 20.2 Å². The Morgan fingerprint density at radius 3 is 2.76 bits per heavy atom. The Hall–Kier alpha value is -0.770. The normalized spacial score (nSPS) is 12.8. The van der Waals surface area contributed by atoms with Gasteiger partial charge in [-0.3, -0.25) is 4.90 Å². The van der Waals surface area contributed by atoms with Crippen molar-refractivity contribution in [1.82, 2.24) is 4.90 Å². The second-order valence-corrected chi connectivity index (χ2v) is 4.57. The molecule has 1 aromatic rings. The average Bonchev–Trinajstić information content (AvgIpc) is 2.32. The zero-order valence-corrected chi connectivity index (χ0v) is 11.5. The van der Waals surface area contributed by atoms with Crippen molar-refractivity contribution in [1.29, 1.82) is 0 Å². The van der Waals surface area contributed by atoms with Crippen LogP contribution in [0.3, 0.4) is 0 Å². The molecule has 0 bridgehead atoms. The Morgan fingerprint density at radius 1 is 1.47 bits per heavy atom. The molecule has 3 nitrogen and oxygen atoms in total. The van der Waals surface area contributed by atoms with Crippen LogP contribution in [0, 0.1) is 0 Å². The van der Waals surface area contributed by atoms with E-state index >= 15 is 0 Å². The van der Waals surface area contributed by atoms with Crippen LogP contribution >= 0.6 is 11.6 Å². The molecule has 2 N–H and O–H groups in total. The molecular weight excluding hydrogens is 236 g/mol. The largest absolute Gasteiger partial charge is 0.492 e. The van der Waals surface area contributed by atoms with Gasteiger partial charge in [-0.25, -0.2) is 0 Å². The van der Waals surface area contributed by atoms with E-state index in [1.54, 1.807) is 0 Å². The van der Waals surface area contributed by atoms with E-state index in [1.165, 1.54) is 0 Å². The molecule has 0 saturated heterocycles. The molecule has 1 unspecified atom stereocenters. The van der Waals surface area contributed by atoms with Crippen molar-refractivity contribution in [3.05, 3.63) is 28.8 Å². The fourth-order valence-corrected chi connectivity index (χ4v) is 1.84. The number of nitrogens with zero attached hydrogens (tertiary/aromatic N) is 1. The van der Waals surface area contributed by atoms with E-state index < -0.39 is 0 Å². The third kappa shape index (κ3) is 3.87. The molecule has 0 aliphatic heterocycles. The summed E-state index contributed by atoms with van der Waals surface area (Å²) < 4.78 is 5.59. The van der Waals surface area contributed by atoms with Gasteiger partial charge in [-0.2, -0.15) is 0 Å². The van der Waals surface area contributed by atoms with Crippen molar-refractivity contribution in [3.63, 3.8) is 0 Å². The van der Waals surface area contributed by atoms with Crippen LogP contribution in [0.2, 0.25) is 5.02 Å². The van der Waals surface area contributed by atoms with E-state index in [0.717, 1.165) is 17.9 Å². The first-order valence-electron chi connectivity index (χ1n) is 5.90. The van der Waals surface area contributed by atoms with Crippen LogP contribution < -0.4 is 10.5 Å². The highest BCUT2D eigenvalue weighted by Gasteiger charge is 2.13. The molecular formula is C13H21ClN2O. The summed E-state index contributed by atoms with van der Waals surface area (Å²) in [6.45, 7) is 6.10. The minimum absolute atomic E-state index is 0.337. The van der Waals surface area contributed by atoms with Gasteiger partial charge in [-0.1, -0.05) is 23.7 Å². The molecule has 96 valence electrons. The Balaban J connectivity index is 2.86. The van der Waals surface area contributed by atoms with E-state index in [9.17, 15) is 0 Å². The summed E-state index contributed by atoms with van der Waals surface area (Å²) in [5.74, 6) is 0.785. The first kappa shape index (κ1) is 14.3. The summed E-state index contributed by atoms with van der Waals surface area (Å²) in [6, 6.07) is 6.17. The molecule has 0 aliphatic rings. The first-order valence-corrected chi connectivity index (χ1v) is 6.28. The molecule has 0 aliphatic carbocycles. The minimum atomic E-state index is 0.337. The number of hydrogen-bond acceptors (Lipinski definition) is 3. The molecule has 1 aromatic carbocycles. The van der Waals surface area contributed by atoms with Crippen molar-refractivity contribution in [3.8, 4) is 5.75 Å². The molecule has 0 saturated carbocycles. The van der Waals surface area contributed by atoms with Gasteiger partial charge in [0.15, 0.2) is 0 Å². The summed E-state index contributed by atoms with van der Waals surface area (Å²) in [5, 5.41) is 0.665. The van der Waals surface area contributed by atoms with E-state index in [4.69, 9.17) is 22.1 Å². The molecule has 0 amide bonds. The fraction of sp³-hybridized carbons (Fsp3) is 0.538. The maximum absolute atomic E-state index is 6.14. The standard InChI is InChI=1S/C13H21ClN2O/c1-4-17-13-11(6-5-7-12(13)14)9-16(3)10(2)8-15/h5-7,10H,4,8-9,15H2,1-3H3. The number of para-hydroxylation sites is 1. The molecule has 0 spiro atoms. The molecule has 0 heterocycles. The SMILES string of the molecule is CCOc1c(Cl)cccc1CN(C)C(C)CN. The number of likely N-dealkylation sites (N-methyl/N-ethyl adjacent to an activating group) is 1. The van der Waals surface area contributed by atoms with Crippen molar-refractivity contribution < 1.29 is 4.74 Å². The van der Waals surface area contributed by atoms with Gasteiger partial charge in [-0.05, 0) is 27.0 Å².